The molecule has 1 unspecified atom stereocenters. The van der Waals surface area contributed by atoms with Crippen molar-refractivity contribution in [3.63, 3.8) is 0 Å². The summed E-state index contributed by atoms with van der Waals surface area (Å²) < 4.78 is 112. The molecule has 2 rings (SSSR count). The van der Waals surface area contributed by atoms with Gasteiger partial charge in [0.25, 0.3) is 0 Å². The van der Waals surface area contributed by atoms with Crippen LogP contribution in [-0.2, 0) is 9.47 Å². The Morgan fingerprint density at radius 2 is 1.58 bits per heavy atom. The number of alkyl halides is 8. The Morgan fingerprint density at radius 3 is 2.05 bits per heavy atom. The second-order valence-corrected chi connectivity index (χ2v) is 4.12. The van der Waals surface area contributed by atoms with Crippen molar-refractivity contribution in [2.45, 2.75) is 29.8 Å². The molecule has 1 aliphatic heterocycles. The van der Waals surface area contributed by atoms with Crippen molar-refractivity contribution in [3.05, 3.63) is 11.8 Å². The Balaban J connectivity index is 2.38. The molecular weight excluding hydrogens is 292 g/mol. The van der Waals surface area contributed by atoms with Crippen LogP contribution >= 0.6 is 0 Å². The highest BCUT2D eigenvalue weighted by Gasteiger charge is 2.84. The molecule has 2 nitrogen and oxygen atoms in total. The average Bonchev–Trinajstić information content (AvgIpc) is 3.05. The van der Waals surface area contributed by atoms with Gasteiger partial charge >= 0.3 is 23.7 Å². The second kappa shape index (κ2) is 3.74. The minimum atomic E-state index is -6.27. The third-order valence-electron chi connectivity index (χ3n) is 2.66. The summed E-state index contributed by atoms with van der Waals surface area (Å²) >= 11 is 0. The minimum Gasteiger partial charge on any atom is -0.489 e. The summed E-state index contributed by atoms with van der Waals surface area (Å²) in [7, 11) is 0. The van der Waals surface area contributed by atoms with E-state index in [4.69, 9.17) is 0 Å². The predicted molar refractivity (Wildman–Crippen MR) is 43.6 cm³/mol. The Labute approximate surface area is 101 Å². The molecule has 0 aromatic carbocycles. The summed E-state index contributed by atoms with van der Waals surface area (Å²) in [5, 5.41) is 0. The first-order valence-corrected chi connectivity index (χ1v) is 4.92. The molecule has 0 saturated carbocycles. The summed E-state index contributed by atoms with van der Waals surface area (Å²) in [6.07, 6.45) is -1.66. The van der Waals surface area contributed by atoms with Gasteiger partial charge in [-0.15, -0.1) is 0 Å². The van der Waals surface area contributed by atoms with Crippen LogP contribution < -0.4 is 0 Å². The van der Waals surface area contributed by atoms with Gasteiger partial charge in [0.2, 0.25) is 0 Å². The van der Waals surface area contributed by atoms with Gasteiger partial charge in [-0.3, -0.25) is 0 Å². The normalized spacial score (nSPS) is 33.5. The van der Waals surface area contributed by atoms with Crippen LogP contribution in [0.5, 0.6) is 0 Å². The number of epoxide rings is 1. The van der Waals surface area contributed by atoms with Gasteiger partial charge in [-0.25, -0.2) is 0 Å². The van der Waals surface area contributed by atoms with Crippen LogP contribution in [0, 0.1) is 0 Å². The fourth-order valence-electron chi connectivity index (χ4n) is 1.39. The van der Waals surface area contributed by atoms with Crippen LogP contribution in [0.2, 0.25) is 0 Å². The van der Waals surface area contributed by atoms with Gasteiger partial charge in [0.05, 0.1) is 6.61 Å². The maximum Gasteiger partial charge on any atom is 0.386 e. The van der Waals surface area contributed by atoms with E-state index >= 15 is 0 Å². The van der Waals surface area contributed by atoms with E-state index in [0.717, 1.165) is 0 Å². The lowest BCUT2D eigenvalue weighted by atomic mass is 9.90. The number of hydrogen-bond donors (Lipinski definition) is 0. The number of halogens is 8. The molecule has 0 bridgehead atoms. The molecule has 0 N–H and O–H groups in total. The molecule has 0 aromatic heterocycles. The van der Waals surface area contributed by atoms with Crippen molar-refractivity contribution in [3.8, 4) is 0 Å². The zero-order valence-corrected chi connectivity index (χ0v) is 8.91. The fraction of sp³-hybridized carbons (Fsp3) is 0.778. The molecule has 1 saturated heterocycles. The number of allylic oxidation sites excluding steroid dienone is 2. The van der Waals surface area contributed by atoms with Crippen LogP contribution in [0.25, 0.3) is 0 Å². The van der Waals surface area contributed by atoms with Crippen molar-refractivity contribution in [1.82, 2.24) is 0 Å². The van der Waals surface area contributed by atoms with Gasteiger partial charge < -0.3 is 9.47 Å². The van der Waals surface area contributed by atoms with Crippen molar-refractivity contribution >= 4 is 0 Å². The quantitative estimate of drug-likeness (QED) is 0.590. The summed E-state index contributed by atoms with van der Waals surface area (Å²) in [6.45, 7) is -0.610. The molecule has 0 amide bonds. The minimum absolute atomic E-state index is 0.0851. The van der Waals surface area contributed by atoms with Crippen molar-refractivity contribution < 1.29 is 44.6 Å². The van der Waals surface area contributed by atoms with E-state index in [2.05, 4.69) is 9.47 Å². The highest BCUT2D eigenvalue weighted by Crippen LogP contribution is 2.59. The van der Waals surface area contributed by atoms with Gasteiger partial charge in [-0.1, -0.05) is 0 Å². The van der Waals surface area contributed by atoms with E-state index in [9.17, 15) is 35.1 Å². The summed E-state index contributed by atoms with van der Waals surface area (Å²) in [5.74, 6) is -25.6. The lowest BCUT2D eigenvalue weighted by Crippen LogP contribution is -2.65. The SMILES string of the molecule is FC1(F)C=C(OCC2CO2)C(F)(F)C(F)(F)C1(F)F. The van der Waals surface area contributed by atoms with Gasteiger partial charge in [-0.05, 0) is 0 Å². The van der Waals surface area contributed by atoms with E-state index < -0.39 is 48.2 Å². The summed E-state index contributed by atoms with van der Waals surface area (Å²) in [4.78, 5) is 0. The molecule has 1 fully saturated rings. The zero-order valence-electron chi connectivity index (χ0n) is 8.91. The smallest absolute Gasteiger partial charge is 0.386 e. The van der Waals surface area contributed by atoms with Crippen LogP contribution in [0.15, 0.2) is 11.8 Å². The largest absolute Gasteiger partial charge is 0.489 e. The van der Waals surface area contributed by atoms with Crippen LogP contribution in [0.1, 0.15) is 0 Å². The van der Waals surface area contributed by atoms with Crippen molar-refractivity contribution in [2.75, 3.05) is 13.2 Å². The number of hydrogen-bond acceptors (Lipinski definition) is 2. The topological polar surface area (TPSA) is 21.8 Å². The molecule has 0 aromatic rings. The first-order chi connectivity index (χ1) is 8.43. The van der Waals surface area contributed by atoms with Crippen LogP contribution in [0.3, 0.4) is 0 Å². The van der Waals surface area contributed by atoms with E-state index in [1.165, 1.54) is 0 Å². The second-order valence-electron chi connectivity index (χ2n) is 4.12. The van der Waals surface area contributed by atoms with Gasteiger partial charge in [0, 0.05) is 6.08 Å². The highest BCUT2D eigenvalue weighted by molar-refractivity contribution is 5.28. The molecule has 1 atom stereocenters. The lowest BCUT2D eigenvalue weighted by molar-refractivity contribution is -0.363. The first kappa shape index (κ1) is 14.4. The maximum atomic E-state index is 13.2. The third-order valence-corrected chi connectivity index (χ3v) is 2.66. The molecule has 1 heterocycles. The zero-order chi connectivity index (χ0) is 14.7. The number of rotatable bonds is 3. The Morgan fingerprint density at radius 1 is 1.05 bits per heavy atom. The van der Waals surface area contributed by atoms with Gasteiger partial charge in [0.1, 0.15) is 12.7 Å². The van der Waals surface area contributed by atoms with Crippen molar-refractivity contribution in [1.29, 1.82) is 0 Å². The Hall–Kier alpha value is -1.06. The average molecular weight is 298 g/mol. The third kappa shape index (κ3) is 1.87. The maximum absolute atomic E-state index is 13.2. The molecular formula is C9H6F8O2. The van der Waals surface area contributed by atoms with Gasteiger partial charge in [0.15, 0.2) is 5.76 Å². The summed E-state index contributed by atoms with van der Waals surface area (Å²) in [6, 6.07) is 0. The fourth-order valence-corrected chi connectivity index (χ4v) is 1.39. The van der Waals surface area contributed by atoms with Crippen LogP contribution in [-0.4, -0.2) is 43.0 Å². The first-order valence-electron chi connectivity index (χ1n) is 4.92. The molecule has 0 radical (unpaired) electrons. The molecule has 1 aliphatic carbocycles. The lowest BCUT2D eigenvalue weighted by Gasteiger charge is -2.40. The van der Waals surface area contributed by atoms with E-state index in [-0.39, 0.29) is 6.61 Å². The number of ether oxygens (including phenoxy) is 2. The molecule has 19 heavy (non-hydrogen) atoms. The Bertz CT molecular complexity index is 412. The summed E-state index contributed by atoms with van der Waals surface area (Å²) in [5.41, 5.74) is 0. The monoisotopic (exact) mass is 298 g/mol. The van der Waals surface area contributed by atoms with E-state index in [1.54, 1.807) is 0 Å². The van der Waals surface area contributed by atoms with Crippen molar-refractivity contribution in [2.24, 2.45) is 0 Å². The molecule has 0 spiro atoms. The molecule has 10 heteroatoms. The van der Waals surface area contributed by atoms with Crippen LogP contribution in [0.4, 0.5) is 35.1 Å². The molecule has 2 aliphatic rings. The highest BCUT2D eigenvalue weighted by atomic mass is 19.4. The van der Waals surface area contributed by atoms with E-state index in [1.807, 2.05) is 0 Å². The Kier molecular flexibility index (Phi) is 2.82. The van der Waals surface area contributed by atoms with E-state index in [0.29, 0.717) is 0 Å². The molecule has 110 valence electrons. The van der Waals surface area contributed by atoms with Gasteiger partial charge in [-0.2, -0.15) is 35.1 Å². The predicted octanol–water partition coefficient (Wildman–Crippen LogP) is 2.84. The standard InChI is InChI=1S/C9H6F8O2/c10-6(11)1-5(19-3-4-2-18-4)7(12,13)9(16,17)8(6,14)15/h1,4H,2-3H2.